The van der Waals surface area contributed by atoms with Gasteiger partial charge in [0.05, 0.1) is 16.6 Å². The van der Waals surface area contributed by atoms with Crippen molar-refractivity contribution in [2.45, 2.75) is 32.2 Å². The monoisotopic (exact) mass is 476 g/mol. The lowest BCUT2D eigenvalue weighted by Crippen LogP contribution is -2.43. The van der Waals surface area contributed by atoms with Crippen LogP contribution in [0.5, 0.6) is 0 Å². The Bertz CT molecular complexity index is 1200. The molecule has 0 bridgehead atoms. The van der Waals surface area contributed by atoms with Crippen LogP contribution >= 0.6 is 0 Å². The first-order valence-corrected chi connectivity index (χ1v) is 12.2. The lowest BCUT2D eigenvalue weighted by molar-refractivity contribution is 0.0376. The number of carbonyl (C=O) groups is 1. The second-order valence-electron chi connectivity index (χ2n) is 9.46. The molecule has 0 unspecified atom stereocenters. The third-order valence-corrected chi connectivity index (χ3v) is 6.81. The lowest BCUT2D eigenvalue weighted by Gasteiger charge is -2.32. The number of hydroxylamine groups is 1. The van der Waals surface area contributed by atoms with Gasteiger partial charge in [-0.15, -0.1) is 0 Å². The van der Waals surface area contributed by atoms with Crippen LogP contribution in [-0.4, -0.2) is 69.8 Å². The van der Waals surface area contributed by atoms with Crippen molar-refractivity contribution in [1.29, 1.82) is 5.41 Å². The number of pyridine rings is 1. The Kier molecular flexibility index (Phi) is 6.91. The number of H-pyrrole nitrogens is 1. The summed E-state index contributed by atoms with van der Waals surface area (Å²) in [5.74, 6) is 1.16. The van der Waals surface area contributed by atoms with Crippen molar-refractivity contribution in [2.24, 2.45) is 5.92 Å². The number of hydrogen-bond donors (Lipinski definition) is 4. The molecule has 1 aromatic carbocycles. The molecule has 0 radical (unpaired) electrons. The molecule has 35 heavy (non-hydrogen) atoms. The van der Waals surface area contributed by atoms with Gasteiger partial charge in [0.1, 0.15) is 11.7 Å². The lowest BCUT2D eigenvalue weighted by atomic mass is 10.1. The van der Waals surface area contributed by atoms with E-state index in [9.17, 15) is 4.79 Å². The van der Waals surface area contributed by atoms with Crippen molar-refractivity contribution < 1.29 is 9.63 Å². The van der Waals surface area contributed by atoms with Crippen LogP contribution in [0.2, 0.25) is 0 Å². The van der Waals surface area contributed by atoms with Gasteiger partial charge in [0.2, 0.25) is 5.95 Å². The summed E-state index contributed by atoms with van der Waals surface area (Å²) in [5.41, 5.74) is 5.54. The molecule has 2 fully saturated rings. The molecule has 3 aromatic rings. The number of nitrogens with zero attached hydrogens (tertiary/aromatic N) is 4. The smallest absolute Gasteiger partial charge is 0.337 e. The summed E-state index contributed by atoms with van der Waals surface area (Å²) in [6, 6.07) is 9.23. The quantitative estimate of drug-likeness (QED) is 0.243. The maximum absolute atomic E-state index is 12.5. The average molecular weight is 477 g/mol. The van der Waals surface area contributed by atoms with Crippen molar-refractivity contribution in [3.05, 3.63) is 47.7 Å². The fourth-order valence-electron chi connectivity index (χ4n) is 4.68. The van der Waals surface area contributed by atoms with E-state index in [1.54, 1.807) is 24.4 Å². The fraction of sp³-hybridized carbons (Fsp3) is 0.440. The standard InChI is InChI=1S/C25H32N8O2/c1-32-10-12-33(13-11-32)16-17-8-9-27-22(14-17)30-25-28-20-7-6-19(15-21(20)29-25)24(34)35-31-23(26)18-4-2-3-5-18/h6-9,14-15,18H,2-5,10-13,16H2,1H3,(H2,26,31)(H2,27,28,29,30). The third-order valence-electron chi connectivity index (χ3n) is 6.81. The normalized spacial score (nSPS) is 17.5. The highest BCUT2D eigenvalue weighted by Gasteiger charge is 2.21. The Morgan fingerprint density at radius 1 is 1.17 bits per heavy atom. The number of carbonyl (C=O) groups excluding carboxylic acids is 1. The third kappa shape index (κ3) is 5.77. The van der Waals surface area contributed by atoms with Crippen LogP contribution in [-0.2, 0) is 11.4 Å². The highest BCUT2D eigenvalue weighted by atomic mass is 16.7. The zero-order chi connectivity index (χ0) is 24.2. The molecule has 0 atom stereocenters. The zero-order valence-electron chi connectivity index (χ0n) is 20.0. The molecule has 2 aromatic heterocycles. The Balaban J connectivity index is 1.20. The van der Waals surface area contributed by atoms with Gasteiger partial charge in [-0.3, -0.25) is 10.3 Å². The van der Waals surface area contributed by atoms with E-state index < -0.39 is 5.97 Å². The molecule has 1 aliphatic carbocycles. The Morgan fingerprint density at radius 2 is 1.97 bits per heavy atom. The number of benzene rings is 1. The number of amidine groups is 1. The highest BCUT2D eigenvalue weighted by Crippen LogP contribution is 2.25. The molecule has 184 valence electrons. The van der Waals surface area contributed by atoms with Crippen molar-refractivity contribution in [2.75, 3.05) is 38.5 Å². The number of likely N-dealkylation sites (N-methyl/N-ethyl adjacent to an activating group) is 1. The summed E-state index contributed by atoms with van der Waals surface area (Å²) in [4.78, 5) is 34.6. The molecule has 5 rings (SSSR count). The van der Waals surface area contributed by atoms with Gasteiger partial charge in [0.15, 0.2) is 0 Å². The topological polar surface area (TPSA) is 122 Å². The predicted molar refractivity (Wildman–Crippen MR) is 135 cm³/mol. The molecule has 10 heteroatoms. The first-order chi connectivity index (χ1) is 17.0. The van der Waals surface area contributed by atoms with Gasteiger partial charge in [0.25, 0.3) is 0 Å². The number of fused-ring (bicyclic) bond motifs is 1. The highest BCUT2D eigenvalue weighted by molar-refractivity contribution is 5.95. The number of aromatic nitrogens is 3. The molecule has 0 amide bonds. The minimum absolute atomic E-state index is 0.153. The van der Waals surface area contributed by atoms with E-state index in [1.807, 2.05) is 12.1 Å². The molecular formula is C25H32N8O2. The Labute approximate surface area is 204 Å². The van der Waals surface area contributed by atoms with Crippen LogP contribution in [0.25, 0.3) is 11.0 Å². The molecule has 2 aliphatic rings. The van der Waals surface area contributed by atoms with Crippen molar-refractivity contribution in [3.8, 4) is 0 Å². The summed E-state index contributed by atoms with van der Waals surface area (Å²) in [5, 5.41) is 11.3. The second-order valence-corrected chi connectivity index (χ2v) is 9.46. The van der Waals surface area contributed by atoms with Gasteiger partial charge in [-0.1, -0.05) is 12.8 Å². The number of hydrogen-bond acceptors (Lipinski definition) is 8. The SMILES string of the molecule is CN1CCN(Cc2ccnc(Nc3nc4ccc(C(=O)ONC(=N)C5CCCC5)cc4[nH]3)c2)CC1. The minimum Gasteiger partial charge on any atom is -0.337 e. The predicted octanol–water partition coefficient (Wildman–Crippen LogP) is 3.28. The number of piperazine rings is 1. The number of rotatable bonds is 6. The zero-order valence-corrected chi connectivity index (χ0v) is 20.0. The summed E-state index contributed by atoms with van der Waals surface area (Å²) < 4.78 is 0. The van der Waals surface area contributed by atoms with Gasteiger partial charge in [-0.25, -0.2) is 20.2 Å². The van der Waals surface area contributed by atoms with Crippen LogP contribution in [0, 0.1) is 11.3 Å². The molecule has 1 saturated heterocycles. The van der Waals surface area contributed by atoms with Gasteiger partial charge < -0.3 is 20.0 Å². The van der Waals surface area contributed by atoms with Gasteiger partial charge in [-0.05, 0) is 55.8 Å². The molecule has 4 N–H and O–H groups in total. The average Bonchev–Trinajstić information content (AvgIpc) is 3.53. The van der Waals surface area contributed by atoms with Crippen molar-refractivity contribution >= 4 is 34.6 Å². The maximum Gasteiger partial charge on any atom is 0.362 e. The minimum atomic E-state index is -0.531. The molecule has 1 saturated carbocycles. The van der Waals surface area contributed by atoms with E-state index in [0.29, 0.717) is 22.8 Å². The van der Waals surface area contributed by atoms with E-state index in [0.717, 1.165) is 63.9 Å². The number of aromatic amines is 1. The fourth-order valence-corrected chi connectivity index (χ4v) is 4.68. The van der Waals surface area contributed by atoms with E-state index in [1.165, 1.54) is 5.56 Å². The van der Waals surface area contributed by atoms with Gasteiger partial charge in [0, 0.05) is 44.8 Å². The number of anilines is 2. The maximum atomic E-state index is 12.5. The van der Waals surface area contributed by atoms with Gasteiger partial charge >= 0.3 is 5.97 Å². The largest absolute Gasteiger partial charge is 0.362 e. The van der Waals surface area contributed by atoms with Crippen LogP contribution in [0.1, 0.15) is 41.6 Å². The van der Waals surface area contributed by atoms with Gasteiger partial charge in [-0.2, -0.15) is 0 Å². The summed E-state index contributed by atoms with van der Waals surface area (Å²) >= 11 is 0. The first kappa shape index (κ1) is 23.3. The van der Waals surface area contributed by atoms with Crippen LogP contribution < -0.4 is 10.8 Å². The van der Waals surface area contributed by atoms with Crippen molar-refractivity contribution in [1.82, 2.24) is 30.2 Å². The molecule has 3 heterocycles. The number of imidazole rings is 1. The molecule has 10 nitrogen and oxygen atoms in total. The Hall–Kier alpha value is -3.50. The summed E-state index contributed by atoms with van der Waals surface area (Å²) in [6.45, 7) is 5.19. The van der Waals surface area contributed by atoms with Crippen molar-refractivity contribution in [3.63, 3.8) is 0 Å². The van der Waals surface area contributed by atoms with Crippen LogP contribution in [0.4, 0.5) is 11.8 Å². The van der Waals surface area contributed by atoms with E-state index in [-0.39, 0.29) is 11.8 Å². The van der Waals surface area contributed by atoms with E-state index in [2.05, 4.69) is 42.6 Å². The van der Waals surface area contributed by atoms with Crippen LogP contribution in [0.15, 0.2) is 36.5 Å². The molecule has 0 spiro atoms. The Morgan fingerprint density at radius 3 is 2.77 bits per heavy atom. The first-order valence-electron chi connectivity index (χ1n) is 12.2. The van der Waals surface area contributed by atoms with E-state index in [4.69, 9.17) is 10.2 Å². The second kappa shape index (κ2) is 10.4. The van der Waals surface area contributed by atoms with Crippen LogP contribution in [0.3, 0.4) is 0 Å². The summed E-state index contributed by atoms with van der Waals surface area (Å²) in [7, 11) is 2.16. The molecule has 1 aliphatic heterocycles. The van der Waals surface area contributed by atoms with E-state index >= 15 is 0 Å². The number of nitrogens with one attached hydrogen (secondary N) is 4. The summed E-state index contributed by atoms with van der Waals surface area (Å²) in [6.07, 6.45) is 5.97. The molecular weight excluding hydrogens is 444 g/mol.